The van der Waals surface area contributed by atoms with E-state index in [1.165, 1.54) is 13.1 Å². The van der Waals surface area contributed by atoms with Gasteiger partial charge < -0.3 is 15.7 Å². The summed E-state index contributed by atoms with van der Waals surface area (Å²) in [5.74, 6) is -1.50. The van der Waals surface area contributed by atoms with Gasteiger partial charge in [0.2, 0.25) is 11.8 Å². The van der Waals surface area contributed by atoms with Crippen molar-refractivity contribution < 1.29 is 19.5 Å². The lowest BCUT2D eigenvalue weighted by Crippen LogP contribution is -2.47. The normalized spacial score (nSPS) is 12.6. The standard InChI is InChI=1S/C19H26N2O4/c1-13(2)11-15(9-10-17(22)23)18(24)21-16(19(25)20-3)12-14-7-5-4-6-8-14/h4-9,13,16H,10-12H2,1-3H3,(H,20,25)(H,21,24)(H,22,23)/b15-9-. The van der Waals surface area contributed by atoms with Gasteiger partial charge in [0.1, 0.15) is 6.04 Å². The number of hydrogen-bond acceptors (Lipinski definition) is 3. The van der Waals surface area contributed by atoms with Gasteiger partial charge in [-0.2, -0.15) is 0 Å². The van der Waals surface area contributed by atoms with E-state index in [4.69, 9.17) is 5.11 Å². The van der Waals surface area contributed by atoms with Gasteiger partial charge in [0, 0.05) is 19.0 Å². The monoisotopic (exact) mass is 346 g/mol. The van der Waals surface area contributed by atoms with Crippen molar-refractivity contribution in [3.63, 3.8) is 0 Å². The summed E-state index contributed by atoms with van der Waals surface area (Å²) in [6, 6.07) is 8.67. The number of nitrogens with one attached hydrogen (secondary N) is 2. The van der Waals surface area contributed by atoms with E-state index in [1.54, 1.807) is 0 Å². The predicted octanol–water partition coefficient (Wildman–Crippen LogP) is 1.91. The van der Waals surface area contributed by atoms with Gasteiger partial charge in [-0.15, -0.1) is 0 Å². The Kier molecular flexibility index (Phi) is 8.39. The zero-order chi connectivity index (χ0) is 18.8. The third kappa shape index (κ3) is 7.65. The Morgan fingerprint density at radius 1 is 1.16 bits per heavy atom. The fourth-order valence-electron chi connectivity index (χ4n) is 2.40. The molecule has 1 atom stereocenters. The minimum Gasteiger partial charge on any atom is -0.481 e. The Hall–Kier alpha value is -2.63. The second-order valence-electron chi connectivity index (χ2n) is 6.26. The Balaban J connectivity index is 2.91. The average Bonchev–Trinajstić information content (AvgIpc) is 2.57. The maximum Gasteiger partial charge on any atom is 0.307 e. The van der Waals surface area contributed by atoms with Crippen molar-refractivity contribution in [3.8, 4) is 0 Å². The van der Waals surface area contributed by atoms with Crippen molar-refractivity contribution in [2.24, 2.45) is 5.92 Å². The maximum atomic E-state index is 12.6. The molecule has 136 valence electrons. The first-order chi connectivity index (χ1) is 11.8. The number of carbonyl (C=O) groups is 3. The molecule has 0 fully saturated rings. The Morgan fingerprint density at radius 2 is 1.80 bits per heavy atom. The molecule has 1 aromatic carbocycles. The van der Waals surface area contributed by atoms with E-state index in [-0.39, 0.29) is 18.2 Å². The van der Waals surface area contributed by atoms with E-state index in [9.17, 15) is 14.4 Å². The third-order valence-electron chi connectivity index (χ3n) is 3.59. The second kappa shape index (κ2) is 10.3. The molecule has 6 heteroatoms. The van der Waals surface area contributed by atoms with Crippen LogP contribution < -0.4 is 10.6 Å². The molecule has 0 aliphatic carbocycles. The summed E-state index contributed by atoms with van der Waals surface area (Å²) in [7, 11) is 1.52. The van der Waals surface area contributed by atoms with Crippen molar-refractivity contribution in [2.45, 2.75) is 39.2 Å². The molecule has 0 aliphatic heterocycles. The first kappa shape index (κ1) is 20.4. The summed E-state index contributed by atoms with van der Waals surface area (Å²) in [5.41, 5.74) is 1.32. The number of amides is 2. The first-order valence-electron chi connectivity index (χ1n) is 8.30. The van der Waals surface area contributed by atoms with Crippen LogP contribution in [0.25, 0.3) is 0 Å². The maximum absolute atomic E-state index is 12.6. The molecule has 25 heavy (non-hydrogen) atoms. The molecular weight excluding hydrogens is 320 g/mol. The van der Waals surface area contributed by atoms with E-state index in [0.717, 1.165) is 5.56 Å². The molecule has 0 bridgehead atoms. The van der Waals surface area contributed by atoms with Crippen LogP contribution >= 0.6 is 0 Å². The Morgan fingerprint density at radius 3 is 2.32 bits per heavy atom. The minimum atomic E-state index is -0.999. The highest BCUT2D eigenvalue weighted by Crippen LogP contribution is 2.13. The molecule has 3 N–H and O–H groups in total. The van der Waals surface area contributed by atoms with Gasteiger partial charge in [0.25, 0.3) is 0 Å². The van der Waals surface area contributed by atoms with Crippen LogP contribution in [0.4, 0.5) is 0 Å². The fraction of sp³-hybridized carbons (Fsp3) is 0.421. The Labute approximate surface area is 148 Å². The molecule has 0 saturated carbocycles. The summed E-state index contributed by atoms with van der Waals surface area (Å²) in [4.78, 5) is 35.5. The summed E-state index contributed by atoms with van der Waals surface area (Å²) in [6.45, 7) is 3.89. The van der Waals surface area contributed by atoms with Crippen LogP contribution in [0.1, 0.15) is 32.3 Å². The Bertz CT molecular complexity index is 624. The number of aliphatic carboxylic acids is 1. The lowest BCUT2D eigenvalue weighted by molar-refractivity contribution is -0.136. The van der Waals surface area contributed by atoms with Gasteiger partial charge in [0.05, 0.1) is 6.42 Å². The molecule has 1 rings (SSSR count). The molecule has 6 nitrogen and oxygen atoms in total. The van der Waals surface area contributed by atoms with Crippen LogP contribution in [0.2, 0.25) is 0 Å². The molecule has 2 amide bonds. The van der Waals surface area contributed by atoms with Gasteiger partial charge >= 0.3 is 5.97 Å². The van der Waals surface area contributed by atoms with Crippen LogP contribution in [0.5, 0.6) is 0 Å². The summed E-state index contributed by atoms with van der Waals surface area (Å²) >= 11 is 0. The number of benzene rings is 1. The number of likely N-dealkylation sites (N-methyl/N-ethyl adjacent to an activating group) is 1. The number of hydrogen-bond donors (Lipinski definition) is 3. The minimum absolute atomic E-state index is 0.193. The number of carbonyl (C=O) groups excluding carboxylic acids is 2. The lowest BCUT2D eigenvalue weighted by atomic mass is 10.00. The lowest BCUT2D eigenvalue weighted by Gasteiger charge is -2.19. The summed E-state index contributed by atoms with van der Waals surface area (Å²) in [5, 5.41) is 14.1. The van der Waals surface area contributed by atoms with Crippen LogP contribution in [-0.2, 0) is 20.8 Å². The number of carboxylic acid groups (broad SMARTS) is 1. The SMILES string of the molecule is CNC(=O)C(Cc1ccccc1)NC(=O)/C(=C\CC(=O)O)CC(C)C. The van der Waals surface area contributed by atoms with Crippen molar-refractivity contribution in [3.05, 3.63) is 47.5 Å². The van der Waals surface area contributed by atoms with E-state index in [1.807, 2.05) is 44.2 Å². The van der Waals surface area contributed by atoms with Crippen molar-refractivity contribution >= 4 is 17.8 Å². The topological polar surface area (TPSA) is 95.5 Å². The van der Waals surface area contributed by atoms with Crippen LogP contribution in [0, 0.1) is 5.92 Å². The van der Waals surface area contributed by atoms with E-state index >= 15 is 0 Å². The predicted molar refractivity (Wildman–Crippen MR) is 95.9 cm³/mol. The molecular formula is C19H26N2O4. The van der Waals surface area contributed by atoms with Gasteiger partial charge in [-0.3, -0.25) is 14.4 Å². The van der Waals surface area contributed by atoms with Gasteiger partial charge in [-0.1, -0.05) is 50.3 Å². The van der Waals surface area contributed by atoms with E-state index < -0.39 is 17.9 Å². The highest BCUT2D eigenvalue weighted by Gasteiger charge is 2.22. The van der Waals surface area contributed by atoms with Crippen molar-refractivity contribution in [1.82, 2.24) is 10.6 Å². The number of carboxylic acids is 1. The molecule has 0 aliphatic rings. The van der Waals surface area contributed by atoms with Gasteiger partial charge in [0.15, 0.2) is 0 Å². The zero-order valence-corrected chi connectivity index (χ0v) is 14.9. The molecule has 1 unspecified atom stereocenters. The fourth-order valence-corrected chi connectivity index (χ4v) is 2.40. The summed E-state index contributed by atoms with van der Waals surface area (Å²) < 4.78 is 0. The molecule has 0 radical (unpaired) electrons. The molecule has 0 spiro atoms. The molecule has 0 saturated heterocycles. The van der Waals surface area contributed by atoms with Crippen molar-refractivity contribution in [1.29, 1.82) is 0 Å². The van der Waals surface area contributed by atoms with Crippen LogP contribution in [-0.4, -0.2) is 36.0 Å². The smallest absolute Gasteiger partial charge is 0.307 e. The molecule has 0 heterocycles. The quantitative estimate of drug-likeness (QED) is 0.595. The van der Waals surface area contributed by atoms with Crippen LogP contribution in [0.15, 0.2) is 42.0 Å². The zero-order valence-electron chi connectivity index (χ0n) is 14.9. The van der Waals surface area contributed by atoms with Gasteiger partial charge in [-0.25, -0.2) is 0 Å². The average molecular weight is 346 g/mol. The largest absolute Gasteiger partial charge is 0.481 e. The van der Waals surface area contributed by atoms with Gasteiger partial charge in [-0.05, 0) is 17.9 Å². The molecule has 1 aromatic rings. The van der Waals surface area contributed by atoms with Crippen molar-refractivity contribution in [2.75, 3.05) is 7.05 Å². The third-order valence-corrected chi connectivity index (χ3v) is 3.59. The van der Waals surface area contributed by atoms with E-state index in [0.29, 0.717) is 18.4 Å². The highest BCUT2D eigenvalue weighted by atomic mass is 16.4. The van der Waals surface area contributed by atoms with E-state index in [2.05, 4.69) is 10.6 Å². The number of rotatable bonds is 9. The summed E-state index contributed by atoms with van der Waals surface area (Å²) in [6.07, 6.45) is 2.00. The second-order valence-corrected chi connectivity index (χ2v) is 6.26. The van der Waals surface area contributed by atoms with Crippen LogP contribution in [0.3, 0.4) is 0 Å². The molecule has 0 aromatic heterocycles. The first-order valence-corrected chi connectivity index (χ1v) is 8.30. The highest BCUT2D eigenvalue weighted by molar-refractivity contribution is 5.97.